The Morgan fingerprint density at radius 1 is 1.32 bits per heavy atom. The Morgan fingerprint density at radius 3 is 2.64 bits per heavy atom. The van der Waals surface area contributed by atoms with Crippen LogP contribution in [0, 0.1) is 0 Å². The van der Waals surface area contributed by atoms with Gasteiger partial charge in [0, 0.05) is 12.2 Å². The molecule has 2 heterocycles. The average molecular weight is 399 g/mol. The lowest BCUT2D eigenvalue weighted by Gasteiger charge is -2.24. The predicted molar refractivity (Wildman–Crippen MR) is 90.5 cm³/mol. The molecule has 10 heteroatoms. The van der Waals surface area contributed by atoms with Gasteiger partial charge in [-0.05, 0) is 24.8 Å². The quantitative estimate of drug-likeness (QED) is 0.662. The zero-order valence-corrected chi connectivity index (χ0v) is 15.2. The number of halogens is 3. The molecule has 152 valence electrons. The van der Waals surface area contributed by atoms with E-state index in [2.05, 4.69) is 14.7 Å². The summed E-state index contributed by atoms with van der Waals surface area (Å²) in [5.41, 5.74) is 1.11. The van der Waals surface area contributed by atoms with Crippen LogP contribution in [0.3, 0.4) is 0 Å². The normalized spacial score (nSPS) is 17.1. The maximum atomic E-state index is 12.6. The molecule has 0 aliphatic carbocycles. The van der Waals surface area contributed by atoms with Crippen molar-refractivity contribution in [3.8, 4) is 11.4 Å². The van der Waals surface area contributed by atoms with Crippen LogP contribution in [0.15, 0.2) is 28.8 Å². The third-order valence-corrected chi connectivity index (χ3v) is 4.11. The summed E-state index contributed by atoms with van der Waals surface area (Å²) in [5.74, 6) is -1.79. The topological polar surface area (TPSA) is 77.7 Å². The van der Waals surface area contributed by atoms with Crippen molar-refractivity contribution in [2.45, 2.75) is 45.0 Å². The number of alkyl halides is 3. The van der Waals surface area contributed by atoms with Gasteiger partial charge in [0.25, 0.3) is 5.91 Å². The zero-order chi connectivity index (χ0) is 20.1. The van der Waals surface area contributed by atoms with Crippen molar-refractivity contribution in [2.75, 3.05) is 13.2 Å². The minimum absolute atomic E-state index is 0.159. The fraction of sp³-hybridized carbons (Fsp3) is 0.500. The minimum atomic E-state index is -4.69. The van der Waals surface area contributed by atoms with Crippen molar-refractivity contribution in [3.63, 3.8) is 0 Å². The number of ether oxygens (including phenoxy) is 1. The second-order valence-electron chi connectivity index (χ2n) is 6.33. The van der Waals surface area contributed by atoms with E-state index < -0.39 is 18.2 Å². The van der Waals surface area contributed by atoms with Gasteiger partial charge in [0.2, 0.25) is 5.82 Å². The highest BCUT2D eigenvalue weighted by Crippen LogP contribution is 2.29. The number of carbonyl (C=O) groups excluding carboxylic acids is 1. The smallest absolute Gasteiger partial charge is 0.368 e. The molecule has 0 radical (unpaired) electrons. The first kappa shape index (κ1) is 20.3. The van der Waals surface area contributed by atoms with E-state index in [9.17, 15) is 18.0 Å². The molecule has 0 saturated carbocycles. The van der Waals surface area contributed by atoms with Crippen LogP contribution in [-0.2, 0) is 27.1 Å². The molecule has 1 aliphatic heterocycles. The van der Waals surface area contributed by atoms with E-state index in [1.165, 1.54) is 5.06 Å². The van der Waals surface area contributed by atoms with E-state index in [0.29, 0.717) is 25.2 Å². The Balaban J connectivity index is 1.70. The van der Waals surface area contributed by atoms with E-state index in [1.54, 1.807) is 24.3 Å². The number of rotatable bonds is 7. The first-order chi connectivity index (χ1) is 13.4. The molecule has 1 amide bonds. The largest absolute Gasteiger partial charge is 0.471 e. The minimum Gasteiger partial charge on any atom is -0.368 e. The van der Waals surface area contributed by atoms with Crippen molar-refractivity contribution in [2.24, 2.45) is 0 Å². The summed E-state index contributed by atoms with van der Waals surface area (Å²) in [5, 5.41) is 4.64. The van der Waals surface area contributed by atoms with Crippen LogP contribution in [0.4, 0.5) is 13.2 Å². The van der Waals surface area contributed by atoms with Gasteiger partial charge in [-0.15, -0.1) is 0 Å². The molecule has 3 rings (SSSR count). The molecule has 1 fully saturated rings. The highest BCUT2D eigenvalue weighted by atomic mass is 19.4. The van der Waals surface area contributed by atoms with Gasteiger partial charge < -0.3 is 9.26 Å². The van der Waals surface area contributed by atoms with Gasteiger partial charge in [-0.3, -0.25) is 9.63 Å². The van der Waals surface area contributed by atoms with Crippen molar-refractivity contribution >= 4 is 5.91 Å². The molecular formula is C18H20F3N3O4. The van der Waals surface area contributed by atoms with Crippen LogP contribution in [0.25, 0.3) is 11.4 Å². The van der Waals surface area contributed by atoms with E-state index in [0.717, 1.165) is 18.4 Å². The van der Waals surface area contributed by atoms with E-state index in [1.807, 2.05) is 6.92 Å². The Labute approximate surface area is 159 Å². The van der Waals surface area contributed by atoms with Gasteiger partial charge in [0.05, 0.1) is 13.2 Å². The van der Waals surface area contributed by atoms with Gasteiger partial charge in [0.1, 0.15) is 6.10 Å². The van der Waals surface area contributed by atoms with Crippen LogP contribution in [0.2, 0.25) is 0 Å². The number of nitrogens with zero attached hydrogens (tertiary/aromatic N) is 3. The van der Waals surface area contributed by atoms with Crippen molar-refractivity contribution in [1.29, 1.82) is 0 Å². The summed E-state index contributed by atoms with van der Waals surface area (Å²) in [6.07, 6.45) is -2.96. The third-order valence-electron chi connectivity index (χ3n) is 4.11. The van der Waals surface area contributed by atoms with Gasteiger partial charge in [-0.25, -0.2) is 5.06 Å². The molecule has 1 aromatic carbocycles. The maximum Gasteiger partial charge on any atom is 0.471 e. The number of hydrogen-bond acceptors (Lipinski definition) is 6. The highest BCUT2D eigenvalue weighted by Gasteiger charge is 2.38. The average Bonchev–Trinajstić information content (AvgIpc) is 3.36. The van der Waals surface area contributed by atoms with Crippen LogP contribution >= 0.6 is 0 Å². The van der Waals surface area contributed by atoms with Crippen LogP contribution in [-0.4, -0.2) is 40.4 Å². The van der Waals surface area contributed by atoms with Gasteiger partial charge in [0.15, 0.2) is 0 Å². The van der Waals surface area contributed by atoms with Crippen molar-refractivity contribution in [1.82, 2.24) is 15.2 Å². The number of benzene rings is 1. The predicted octanol–water partition coefficient (Wildman–Crippen LogP) is 3.60. The summed E-state index contributed by atoms with van der Waals surface area (Å²) in [6.45, 7) is 3.07. The number of amides is 1. The molecule has 1 atom stereocenters. The Morgan fingerprint density at radius 2 is 2.07 bits per heavy atom. The van der Waals surface area contributed by atoms with E-state index in [4.69, 9.17) is 9.57 Å². The molecule has 7 nitrogen and oxygen atoms in total. The molecule has 1 aliphatic rings. The standard InChI is InChI=1S/C18H20F3N3O4/c1-2-9-27-24(16(25)14-4-3-10-26-14)11-12-5-7-13(8-6-12)15-22-17(28-23-15)18(19,20)21/h5-8,14H,2-4,9-11H2,1H3. The summed E-state index contributed by atoms with van der Waals surface area (Å²) in [4.78, 5) is 21.5. The number of hydroxylamine groups is 2. The van der Waals surface area contributed by atoms with Gasteiger partial charge in [-0.1, -0.05) is 36.3 Å². The second kappa shape index (κ2) is 8.70. The first-order valence-corrected chi connectivity index (χ1v) is 8.94. The molecule has 0 N–H and O–H groups in total. The van der Waals surface area contributed by atoms with Crippen LogP contribution < -0.4 is 0 Å². The molecule has 0 spiro atoms. The molecule has 1 saturated heterocycles. The lowest BCUT2D eigenvalue weighted by Crippen LogP contribution is -2.38. The monoisotopic (exact) mass is 399 g/mol. The Hall–Kier alpha value is -2.46. The van der Waals surface area contributed by atoms with Gasteiger partial charge in [-0.2, -0.15) is 18.2 Å². The molecule has 28 heavy (non-hydrogen) atoms. The summed E-state index contributed by atoms with van der Waals surface area (Å²) in [6, 6.07) is 6.47. The maximum absolute atomic E-state index is 12.6. The van der Waals surface area contributed by atoms with Crippen LogP contribution in [0.5, 0.6) is 0 Å². The third kappa shape index (κ3) is 4.87. The van der Waals surface area contributed by atoms with Crippen molar-refractivity contribution < 1.29 is 32.1 Å². The summed E-state index contributed by atoms with van der Waals surface area (Å²) in [7, 11) is 0. The van der Waals surface area contributed by atoms with E-state index in [-0.39, 0.29) is 18.3 Å². The summed E-state index contributed by atoms with van der Waals surface area (Å²) >= 11 is 0. The molecule has 1 aromatic heterocycles. The lowest BCUT2D eigenvalue weighted by molar-refractivity contribution is -0.199. The first-order valence-electron chi connectivity index (χ1n) is 8.94. The SMILES string of the molecule is CCCON(Cc1ccc(-c2noc(C(F)(F)F)n2)cc1)C(=O)C1CCCO1. The fourth-order valence-corrected chi connectivity index (χ4v) is 2.70. The highest BCUT2D eigenvalue weighted by molar-refractivity contribution is 5.80. The number of aromatic nitrogens is 2. The van der Waals surface area contributed by atoms with Gasteiger partial charge >= 0.3 is 12.1 Å². The zero-order valence-electron chi connectivity index (χ0n) is 15.2. The fourth-order valence-electron chi connectivity index (χ4n) is 2.70. The second-order valence-corrected chi connectivity index (χ2v) is 6.33. The Kier molecular flexibility index (Phi) is 6.30. The molecular weight excluding hydrogens is 379 g/mol. The number of carbonyl (C=O) groups is 1. The lowest BCUT2D eigenvalue weighted by atomic mass is 10.1. The van der Waals surface area contributed by atoms with Crippen molar-refractivity contribution in [3.05, 3.63) is 35.7 Å². The summed E-state index contributed by atoms with van der Waals surface area (Å²) < 4.78 is 47.4. The number of hydrogen-bond donors (Lipinski definition) is 0. The molecule has 1 unspecified atom stereocenters. The Bertz CT molecular complexity index is 786. The van der Waals surface area contributed by atoms with Crippen LogP contribution in [0.1, 0.15) is 37.6 Å². The molecule has 0 bridgehead atoms. The van der Waals surface area contributed by atoms with E-state index >= 15 is 0 Å². The molecule has 2 aromatic rings.